The molecule has 0 atom stereocenters. The molecule has 51 heavy (non-hydrogen) atoms. The van der Waals surface area contributed by atoms with Crippen LogP contribution in [-0.4, -0.2) is 9.55 Å². The van der Waals surface area contributed by atoms with Gasteiger partial charge in [-0.2, -0.15) is 0 Å². The Hall–Kier alpha value is -6.65. The first-order valence-electron chi connectivity index (χ1n) is 17.5. The minimum Gasteiger partial charge on any atom is -0.436 e. The highest BCUT2D eigenvalue weighted by Crippen LogP contribution is 2.43. The van der Waals surface area contributed by atoms with Gasteiger partial charge in [-0.3, -0.25) is 0 Å². The first-order chi connectivity index (χ1) is 25.3. The summed E-state index contributed by atoms with van der Waals surface area (Å²) in [7, 11) is 0. The number of anilines is 3. The van der Waals surface area contributed by atoms with Crippen molar-refractivity contribution in [3.63, 3.8) is 0 Å². The number of oxazole rings is 1. The molecule has 0 amide bonds. The summed E-state index contributed by atoms with van der Waals surface area (Å²) in [6, 6.07) is 56.4. The molecule has 0 N–H and O–H groups in total. The zero-order valence-electron chi connectivity index (χ0n) is 27.9. The summed E-state index contributed by atoms with van der Waals surface area (Å²) in [5.74, 6) is 0.715. The highest BCUT2D eigenvalue weighted by molar-refractivity contribution is 6.09. The molecule has 1 aliphatic carbocycles. The van der Waals surface area contributed by atoms with Crippen LogP contribution in [0.5, 0.6) is 0 Å². The second kappa shape index (κ2) is 12.0. The van der Waals surface area contributed by atoms with Crippen LogP contribution in [0.2, 0.25) is 0 Å². The summed E-state index contributed by atoms with van der Waals surface area (Å²) in [6.07, 6.45) is 8.34. The third-order valence-electron chi connectivity index (χ3n) is 10.1. The van der Waals surface area contributed by atoms with Gasteiger partial charge in [0, 0.05) is 44.4 Å². The molecule has 2 aromatic heterocycles. The van der Waals surface area contributed by atoms with Crippen molar-refractivity contribution in [2.75, 3.05) is 4.90 Å². The average molecular weight is 656 g/mol. The van der Waals surface area contributed by atoms with Gasteiger partial charge < -0.3 is 13.9 Å². The van der Waals surface area contributed by atoms with Crippen molar-refractivity contribution < 1.29 is 4.42 Å². The van der Waals surface area contributed by atoms with E-state index >= 15 is 0 Å². The Morgan fingerprint density at radius 3 is 2.08 bits per heavy atom. The summed E-state index contributed by atoms with van der Waals surface area (Å²) in [6.45, 7) is 0. The molecule has 242 valence electrons. The molecule has 0 spiro atoms. The summed E-state index contributed by atoms with van der Waals surface area (Å²) in [5, 5.41) is 4.71. The number of rotatable bonds is 6. The van der Waals surface area contributed by atoms with E-state index in [9.17, 15) is 0 Å². The van der Waals surface area contributed by atoms with Crippen LogP contribution in [-0.2, 0) is 0 Å². The van der Waals surface area contributed by atoms with Crippen LogP contribution in [0.25, 0.3) is 66.1 Å². The van der Waals surface area contributed by atoms with Crippen molar-refractivity contribution in [3.05, 3.63) is 182 Å². The molecule has 9 aromatic rings. The number of aromatic nitrogens is 2. The monoisotopic (exact) mass is 655 g/mol. The number of fused-ring (bicyclic) bond motifs is 6. The Balaban J connectivity index is 1.13. The Labute approximate surface area is 295 Å². The Kier molecular flexibility index (Phi) is 6.91. The van der Waals surface area contributed by atoms with Crippen molar-refractivity contribution in [1.82, 2.24) is 9.55 Å². The standard InChI is InChI=1S/C47H33N3O/c1-3-13-32(14-4-1)38-17-7-10-20-42(38)49(35-24-26-36(27-25-35)50-43-21-11-8-18-40(43)41-19-9-12-22-44(41)50)37-28-29-39-34(31-37)23-30-45-46(39)48-47(51-45)33-15-5-2-6-16-33/h1-5,7-15,17-31H,6,16H2. The van der Waals surface area contributed by atoms with E-state index in [-0.39, 0.29) is 0 Å². The van der Waals surface area contributed by atoms with Crippen molar-refractivity contribution in [1.29, 1.82) is 0 Å². The van der Waals surface area contributed by atoms with Gasteiger partial charge in [0.1, 0.15) is 5.52 Å². The number of hydrogen-bond donors (Lipinski definition) is 0. The lowest BCUT2D eigenvalue weighted by Gasteiger charge is -2.28. The molecule has 0 bridgehead atoms. The van der Waals surface area contributed by atoms with Crippen molar-refractivity contribution in [2.24, 2.45) is 0 Å². The molecule has 10 rings (SSSR count). The average Bonchev–Trinajstić information content (AvgIpc) is 3.79. The predicted octanol–water partition coefficient (Wildman–Crippen LogP) is 12.9. The normalized spacial score (nSPS) is 13.0. The second-order valence-electron chi connectivity index (χ2n) is 13.1. The number of hydrogen-bond acceptors (Lipinski definition) is 3. The number of nitrogens with zero attached hydrogens (tertiary/aromatic N) is 3. The number of benzene rings is 7. The van der Waals surface area contributed by atoms with E-state index in [2.05, 4.69) is 185 Å². The molecule has 0 fully saturated rings. The molecular weight excluding hydrogens is 623 g/mol. The third-order valence-corrected chi connectivity index (χ3v) is 10.1. The molecule has 7 aromatic carbocycles. The molecule has 0 saturated heterocycles. The van der Waals surface area contributed by atoms with Gasteiger partial charge in [-0.15, -0.1) is 0 Å². The molecule has 4 heteroatoms. The molecule has 0 saturated carbocycles. The molecule has 0 unspecified atom stereocenters. The molecule has 4 nitrogen and oxygen atoms in total. The van der Waals surface area contributed by atoms with Crippen LogP contribution in [0.4, 0.5) is 17.1 Å². The second-order valence-corrected chi connectivity index (χ2v) is 13.1. The van der Waals surface area contributed by atoms with Crippen LogP contribution < -0.4 is 4.90 Å². The van der Waals surface area contributed by atoms with Crippen molar-refractivity contribution in [2.45, 2.75) is 12.8 Å². The molecule has 2 heterocycles. The SMILES string of the molecule is C1=CCCC(c2nc3c(ccc4cc(N(c5ccc(-n6c7ccccc7c7ccccc76)cc5)c5ccccc5-c5ccccc5)ccc43)o2)=C1. The van der Waals surface area contributed by atoms with Crippen LogP contribution in [0.15, 0.2) is 180 Å². The first-order valence-corrected chi connectivity index (χ1v) is 17.5. The van der Waals surface area contributed by atoms with Crippen molar-refractivity contribution >= 4 is 66.3 Å². The molecule has 1 aliphatic rings. The van der Waals surface area contributed by atoms with E-state index in [1.807, 2.05) is 0 Å². The van der Waals surface area contributed by atoms with Crippen LogP contribution >= 0.6 is 0 Å². The largest absolute Gasteiger partial charge is 0.436 e. The zero-order valence-corrected chi connectivity index (χ0v) is 27.9. The summed E-state index contributed by atoms with van der Waals surface area (Å²) in [4.78, 5) is 7.37. The fourth-order valence-corrected chi connectivity index (χ4v) is 7.67. The summed E-state index contributed by atoms with van der Waals surface area (Å²) < 4.78 is 8.63. The maximum Gasteiger partial charge on any atom is 0.223 e. The fourth-order valence-electron chi connectivity index (χ4n) is 7.67. The topological polar surface area (TPSA) is 34.2 Å². The Bertz CT molecular complexity index is 2750. The van der Waals surface area contributed by atoms with E-state index in [0.29, 0.717) is 5.89 Å². The third kappa shape index (κ3) is 4.95. The minimum atomic E-state index is 0.715. The minimum absolute atomic E-state index is 0.715. The van der Waals surface area contributed by atoms with E-state index in [1.165, 1.54) is 27.4 Å². The van der Waals surface area contributed by atoms with Gasteiger partial charge in [0.25, 0.3) is 0 Å². The van der Waals surface area contributed by atoms with Gasteiger partial charge in [-0.1, -0.05) is 109 Å². The molecule has 0 aliphatic heterocycles. The van der Waals surface area contributed by atoms with Gasteiger partial charge >= 0.3 is 0 Å². The molecular formula is C47H33N3O. The lowest BCUT2D eigenvalue weighted by Crippen LogP contribution is -2.11. The summed E-state index contributed by atoms with van der Waals surface area (Å²) >= 11 is 0. The molecule has 0 radical (unpaired) electrons. The highest BCUT2D eigenvalue weighted by atomic mass is 16.3. The first kappa shape index (κ1) is 29.3. The fraction of sp³-hybridized carbons (Fsp3) is 0.0426. The Morgan fingerprint density at radius 1 is 0.608 bits per heavy atom. The smallest absolute Gasteiger partial charge is 0.223 e. The van der Waals surface area contributed by atoms with Gasteiger partial charge in [0.15, 0.2) is 5.58 Å². The number of allylic oxidation sites excluding steroid dienone is 4. The lowest BCUT2D eigenvalue weighted by atomic mass is 10.0. The van der Waals surface area contributed by atoms with Crippen LogP contribution in [0.3, 0.4) is 0 Å². The van der Waals surface area contributed by atoms with E-state index < -0.39 is 0 Å². The van der Waals surface area contributed by atoms with Gasteiger partial charge in [-0.25, -0.2) is 4.98 Å². The van der Waals surface area contributed by atoms with E-state index in [1.54, 1.807) is 0 Å². The predicted molar refractivity (Wildman–Crippen MR) is 212 cm³/mol. The zero-order chi connectivity index (χ0) is 33.7. The Morgan fingerprint density at radius 2 is 1.31 bits per heavy atom. The van der Waals surface area contributed by atoms with Crippen LogP contribution in [0.1, 0.15) is 18.7 Å². The maximum atomic E-state index is 6.27. The number of para-hydroxylation sites is 3. The van der Waals surface area contributed by atoms with E-state index in [4.69, 9.17) is 9.40 Å². The van der Waals surface area contributed by atoms with E-state index in [0.717, 1.165) is 68.6 Å². The van der Waals surface area contributed by atoms with Gasteiger partial charge in [0.2, 0.25) is 5.89 Å². The lowest BCUT2D eigenvalue weighted by molar-refractivity contribution is 0.580. The maximum absolute atomic E-state index is 6.27. The van der Waals surface area contributed by atoms with Crippen molar-refractivity contribution in [3.8, 4) is 16.8 Å². The highest BCUT2D eigenvalue weighted by Gasteiger charge is 2.20. The summed E-state index contributed by atoms with van der Waals surface area (Å²) in [5.41, 5.74) is 12.0. The van der Waals surface area contributed by atoms with Gasteiger partial charge in [0.05, 0.1) is 16.7 Å². The van der Waals surface area contributed by atoms with Gasteiger partial charge in [-0.05, 0) is 90.5 Å². The quantitative estimate of drug-likeness (QED) is 0.179. The van der Waals surface area contributed by atoms with Crippen LogP contribution in [0, 0.1) is 0 Å².